The Hall–Kier alpha value is -1.92. The predicted octanol–water partition coefficient (Wildman–Crippen LogP) is 1.87. The fourth-order valence-electron chi connectivity index (χ4n) is 2.68. The van der Waals surface area contributed by atoms with Gasteiger partial charge in [-0.05, 0) is 11.5 Å². The number of esters is 1. The van der Waals surface area contributed by atoms with Crippen molar-refractivity contribution in [2.75, 3.05) is 31.1 Å². The number of nitrogens with zero attached hydrogens (tertiary/aromatic N) is 1. The zero-order valence-electron chi connectivity index (χ0n) is 12.8. The molecule has 1 aliphatic heterocycles. The second kappa shape index (κ2) is 6.68. The van der Waals surface area contributed by atoms with Crippen LogP contribution in [-0.2, 0) is 14.6 Å². The number of sulfone groups is 1. The molecule has 0 aromatic heterocycles. The predicted molar refractivity (Wildman–Crippen MR) is 89.3 cm³/mol. The fraction of sp³-hybridized carbons (Fsp3) is 0.353. The average Bonchev–Trinajstić information content (AvgIpc) is 2.54. The topological polar surface area (TPSA) is 63.7 Å². The summed E-state index contributed by atoms with van der Waals surface area (Å²) in [6, 6.07) is 13.4. The number of benzene rings is 2. The molecule has 122 valence electrons. The molecule has 0 unspecified atom stereocenters. The first-order valence-corrected chi connectivity index (χ1v) is 9.47. The van der Waals surface area contributed by atoms with Crippen molar-refractivity contribution in [2.24, 2.45) is 0 Å². The van der Waals surface area contributed by atoms with E-state index in [4.69, 9.17) is 4.74 Å². The van der Waals surface area contributed by atoms with Gasteiger partial charge in [-0.1, -0.05) is 36.4 Å². The average molecular weight is 333 g/mol. The highest BCUT2D eigenvalue weighted by Crippen LogP contribution is 2.25. The molecular weight excluding hydrogens is 314 g/mol. The molecule has 23 heavy (non-hydrogen) atoms. The summed E-state index contributed by atoms with van der Waals surface area (Å²) in [4.78, 5) is 14.1. The Morgan fingerprint density at radius 2 is 1.74 bits per heavy atom. The fourth-order valence-corrected chi connectivity index (χ4v) is 3.96. The molecule has 0 radical (unpaired) electrons. The molecule has 1 aliphatic rings. The molecule has 6 heteroatoms. The van der Waals surface area contributed by atoms with Crippen LogP contribution in [0.3, 0.4) is 0 Å². The van der Waals surface area contributed by atoms with E-state index in [2.05, 4.69) is 0 Å². The summed E-state index contributed by atoms with van der Waals surface area (Å²) in [6.07, 6.45) is 0.253. The van der Waals surface area contributed by atoms with Crippen molar-refractivity contribution in [3.63, 3.8) is 0 Å². The van der Waals surface area contributed by atoms with E-state index in [9.17, 15) is 13.2 Å². The largest absolute Gasteiger partial charge is 0.426 e. The van der Waals surface area contributed by atoms with Crippen LogP contribution >= 0.6 is 0 Å². The number of rotatable bonds is 4. The van der Waals surface area contributed by atoms with E-state index in [-0.39, 0.29) is 23.9 Å². The summed E-state index contributed by atoms with van der Waals surface area (Å²) in [7, 11) is -2.88. The van der Waals surface area contributed by atoms with E-state index in [0.29, 0.717) is 25.4 Å². The first-order chi connectivity index (χ1) is 11.0. The van der Waals surface area contributed by atoms with Crippen LogP contribution in [0.4, 0.5) is 0 Å². The Morgan fingerprint density at radius 1 is 1.04 bits per heavy atom. The van der Waals surface area contributed by atoms with Gasteiger partial charge in [-0.15, -0.1) is 0 Å². The van der Waals surface area contributed by atoms with Crippen LogP contribution in [0.15, 0.2) is 42.5 Å². The summed E-state index contributed by atoms with van der Waals surface area (Å²) in [5.41, 5.74) is 0. The van der Waals surface area contributed by atoms with E-state index >= 15 is 0 Å². The second-order valence-corrected chi connectivity index (χ2v) is 8.00. The van der Waals surface area contributed by atoms with Gasteiger partial charge in [0.25, 0.3) is 0 Å². The van der Waals surface area contributed by atoms with Crippen LogP contribution in [0.25, 0.3) is 10.8 Å². The first kappa shape index (κ1) is 16.0. The molecule has 0 amide bonds. The van der Waals surface area contributed by atoms with Crippen molar-refractivity contribution in [2.45, 2.75) is 6.42 Å². The van der Waals surface area contributed by atoms with Crippen LogP contribution in [0, 0.1) is 0 Å². The maximum Gasteiger partial charge on any atom is 0.312 e. The zero-order chi connectivity index (χ0) is 16.3. The first-order valence-electron chi connectivity index (χ1n) is 7.65. The minimum absolute atomic E-state index is 0.172. The van der Waals surface area contributed by atoms with Crippen LogP contribution in [0.1, 0.15) is 6.42 Å². The van der Waals surface area contributed by atoms with Gasteiger partial charge < -0.3 is 9.64 Å². The van der Waals surface area contributed by atoms with Crippen molar-refractivity contribution in [1.29, 1.82) is 0 Å². The minimum atomic E-state index is -2.88. The van der Waals surface area contributed by atoms with E-state index < -0.39 is 9.84 Å². The van der Waals surface area contributed by atoms with Crippen molar-refractivity contribution in [1.82, 2.24) is 4.90 Å². The molecular formula is C17H19NO4S. The zero-order valence-corrected chi connectivity index (χ0v) is 13.6. The smallest absolute Gasteiger partial charge is 0.312 e. The highest BCUT2D eigenvalue weighted by atomic mass is 32.2. The van der Waals surface area contributed by atoms with Gasteiger partial charge in [0.05, 0.1) is 17.9 Å². The van der Waals surface area contributed by atoms with Crippen LogP contribution in [0.5, 0.6) is 5.75 Å². The molecule has 5 nitrogen and oxygen atoms in total. The Kier molecular flexibility index (Phi) is 4.63. The number of fused-ring (bicyclic) bond motifs is 1. The lowest BCUT2D eigenvalue weighted by Gasteiger charge is -2.25. The lowest BCUT2D eigenvalue weighted by atomic mass is 10.1. The lowest BCUT2D eigenvalue weighted by Crippen LogP contribution is -2.41. The molecule has 0 spiro atoms. The molecule has 1 heterocycles. The maximum absolute atomic E-state index is 12.1. The Morgan fingerprint density at radius 3 is 2.52 bits per heavy atom. The van der Waals surface area contributed by atoms with Gasteiger partial charge >= 0.3 is 5.97 Å². The molecule has 2 aromatic carbocycles. The Labute approximate surface area is 135 Å². The molecule has 0 N–H and O–H groups in total. The highest BCUT2D eigenvalue weighted by Gasteiger charge is 2.22. The van der Waals surface area contributed by atoms with Crippen LogP contribution < -0.4 is 4.74 Å². The monoisotopic (exact) mass is 333 g/mol. The summed E-state index contributed by atoms with van der Waals surface area (Å²) in [6.45, 7) is 1.51. The lowest BCUT2D eigenvalue weighted by molar-refractivity contribution is -0.134. The van der Waals surface area contributed by atoms with E-state index in [0.717, 1.165) is 10.8 Å². The van der Waals surface area contributed by atoms with Crippen molar-refractivity contribution in [3.8, 4) is 5.75 Å². The molecule has 1 saturated heterocycles. The van der Waals surface area contributed by atoms with E-state index in [1.165, 1.54) is 0 Å². The number of carbonyl (C=O) groups excluding carboxylic acids is 1. The summed E-state index contributed by atoms with van der Waals surface area (Å²) < 4.78 is 28.2. The van der Waals surface area contributed by atoms with E-state index in [1.807, 2.05) is 41.3 Å². The summed E-state index contributed by atoms with van der Waals surface area (Å²) >= 11 is 0. The van der Waals surface area contributed by atoms with Gasteiger partial charge in [-0.25, -0.2) is 8.42 Å². The van der Waals surface area contributed by atoms with E-state index in [1.54, 1.807) is 6.07 Å². The number of ether oxygens (including phenoxy) is 1. The van der Waals surface area contributed by atoms with Crippen LogP contribution in [-0.4, -0.2) is 50.4 Å². The number of hydrogen-bond donors (Lipinski definition) is 0. The highest BCUT2D eigenvalue weighted by molar-refractivity contribution is 7.91. The Bertz CT molecular complexity index is 797. The van der Waals surface area contributed by atoms with Crippen molar-refractivity contribution >= 4 is 26.6 Å². The maximum atomic E-state index is 12.1. The van der Waals surface area contributed by atoms with Crippen molar-refractivity contribution < 1.29 is 17.9 Å². The molecule has 0 aliphatic carbocycles. The molecule has 2 aromatic rings. The summed E-state index contributed by atoms with van der Waals surface area (Å²) in [5.74, 6) is 0.612. The normalized spacial score (nSPS) is 17.9. The Balaban J connectivity index is 1.57. The quantitative estimate of drug-likeness (QED) is 0.631. The van der Waals surface area contributed by atoms with Gasteiger partial charge in [-0.3, -0.25) is 4.79 Å². The second-order valence-electron chi connectivity index (χ2n) is 5.69. The summed E-state index contributed by atoms with van der Waals surface area (Å²) in [5, 5.41) is 1.94. The minimum Gasteiger partial charge on any atom is -0.426 e. The molecule has 3 rings (SSSR count). The van der Waals surface area contributed by atoms with Crippen molar-refractivity contribution in [3.05, 3.63) is 42.5 Å². The third-order valence-corrected chi connectivity index (χ3v) is 5.65. The molecule has 1 fully saturated rings. The van der Waals surface area contributed by atoms with Gasteiger partial charge in [0.2, 0.25) is 0 Å². The number of hydrogen-bond acceptors (Lipinski definition) is 5. The molecule has 0 saturated carbocycles. The van der Waals surface area contributed by atoms with Gasteiger partial charge in [-0.2, -0.15) is 0 Å². The standard InChI is InChI=1S/C17H19NO4S/c19-17(8-9-18-10-12-23(20,21)13-11-18)22-16-7-3-5-14-4-1-2-6-15(14)16/h1-7H,8-13H2. The van der Waals surface area contributed by atoms with Crippen LogP contribution in [0.2, 0.25) is 0 Å². The molecule has 0 bridgehead atoms. The SMILES string of the molecule is O=C(CCN1CCS(=O)(=O)CC1)Oc1cccc2ccccc12. The van der Waals surface area contributed by atoms with Gasteiger partial charge in [0.15, 0.2) is 9.84 Å². The number of carbonyl (C=O) groups is 1. The molecule has 0 atom stereocenters. The third-order valence-electron chi connectivity index (χ3n) is 4.04. The third kappa shape index (κ3) is 4.09. The van der Waals surface area contributed by atoms with Gasteiger partial charge in [0.1, 0.15) is 5.75 Å². The van der Waals surface area contributed by atoms with Gasteiger partial charge in [0, 0.05) is 25.0 Å².